The molecule has 0 aromatic rings. The van der Waals surface area contributed by atoms with Crippen molar-refractivity contribution in [3.63, 3.8) is 0 Å². The molecular weight excluding hydrogens is 246 g/mol. The molecule has 0 aliphatic heterocycles. The van der Waals surface area contributed by atoms with Crippen LogP contribution in [0, 0.1) is 16.7 Å². The fraction of sp³-hybridized carbons (Fsp3) is 1.00. The highest BCUT2D eigenvalue weighted by atomic mass is 16.5. The molecule has 1 N–H and O–H groups in total. The summed E-state index contributed by atoms with van der Waals surface area (Å²) in [4.78, 5) is 0. The molecule has 1 fully saturated rings. The Hall–Kier alpha value is -0.0800. The van der Waals surface area contributed by atoms with Gasteiger partial charge in [-0.2, -0.15) is 0 Å². The first-order valence-electron chi connectivity index (χ1n) is 8.61. The molecule has 0 aromatic heterocycles. The first kappa shape index (κ1) is 18.0. The Morgan fingerprint density at radius 3 is 2.25 bits per heavy atom. The molecule has 0 amide bonds. The molecule has 0 heterocycles. The molecule has 0 unspecified atom stereocenters. The third-order valence-electron chi connectivity index (χ3n) is 5.10. The summed E-state index contributed by atoms with van der Waals surface area (Å²) in [5.41, 5.74) is 0.950. The summed E-state index contributed by atoms with van der Waals surface area (Å²) in [5.74, 6) is 0.892. The molecule has 0 atom stereocenters. The van der Waals surface area contributed by atoms with Gasteiger partial charge in [-0.3, -0.25) is 0 Å². The molecule has 0 aromatic carbocycles. The van der Waals surface area contributed by atoms with E-state index in [4.69, 9.17) is 4.74 Å². The van der Waals surface area contributed by atoms with E-state index in [1.54, 1.807) is 0 Å². The van der Waals surface area contributed by atoms with Crippen LogP contribution < -0.4 is 5.32 Å². The normalized spacial score (nSPS) is 28.1. The van der Waals surface area contributed by atoms with E-state index in [2.05, 4.69) is 46.9 Å². The SMILES string of the molecule is CCNCC1(CCOC(C)C)CCC(C(C)(C)C)CC1. The van der Waals surface area contributed by atoms with Gasteiger partial charge in [0.1, 0.15) is 0 Å². The van der Waals surface area contributed by atoms with Crippen LogP contribution in [0.15, 0.2) is 0 Å². The van der Waals surface area contributed by atoms with Gasteiger partial charge in [0.05, 0.1) is 6.10 Å². The lowest BCUT2D eigenvalue weighted by atomic mass is 9.63. The van der Waals surface area contributed by atoms with Gasteiger partial charge >= 0.3 is 0 Å². The second-order valence-corrected chi connectivity index (χ2v) is 8.09. The molecule has 120 valence electrons. The minimum atomic E-state index is 0.358. The number of hydrogen-bond donors (Lipinski definition) is 1. The second-order valence-electron chi connectivity index (χ2n) is 8.09. The van der Waals surface area contributed by atoms with Crippen molar-refractivity contribution in [2.24, 2.45) is 16.7 Å². The number of hydrogen-bond acceptors (Lipinski definition) is 2. The van der Waals surface area contributed by atoms with E-state index in [1.807, 2.05) is 0 Å². The van der Waals surface area contributed by atoms with E-state index in [-0.39, 0.29) is 0 Å². The van der Waals surface area contributed by atoms with Crippen molar-refractivity contribution in [3.8, 4) is 0 Å². The quantitative estimate of drug-likeness (QED) is 0.735. The molecule has 1 saturated carbocycles. The van der Waals surface area contributed by atoms with Crippen molar-refractivity contribution in [1.29, 1.82) is 0 Å². The summed E-state index contributed by atoms with van der Waals surface area (Å²) in [5, 5.41) is 3.59. The lowest BCUT2D eigenvalue weighted by molar-refractivity contribution is 0.0219. The molecule has 0 spiro atoms. The zero-order valence-corrected chi connectivity index (χ0v) is 14.7. The molecule has 1 aliphatic carbocycles. The summed E-state index contributed by atoms with van der Waals surface area (Å²) < 4.78 is 5.82. The van der Waals surface area contributed by atoms with E-state index in [0.29, 0.717) is 16.9 Å². The topological polar surface area (TPSA) is 21.3 Å². The van der Waals surface area contributed by atoms with Crippen LogP contribution in [0.2, 0.25) is 0 Å². The van der Waals surface area contributed by atoms with E-state index >= 15 is 0 Å². The highest BCUT2D eigenvalue weighted by Gasteiger charge is 2.38. The average molecular weight is 284 g/mol. The van der Waals surface area contributed by atoms with Crippen molar-refractivity contribution < 1.29 is 4.74 Å². The lowest BCUT2D eigenvalue weighted by Gasteiger charge is -2.44. The predicted octanol–water partition coefficient (Wildman–Crippen LogP) is 4.63. The first-order chi connectivity index (χ1) is 9.29. The van der Waals surface area contributed by atoms with Crippen LogP contribution in [0.3, 0.4) is 0 Å². The number of rotatable bonds is 7. The molecule has 1 rings (SSSR count). The summed E-state index contributed by atoms with van der Waals surface area (Å²) in [7, 11) is 0. The van der Waals surface area contributed by atoms with Crippen molar-refractivity contribution in [2.45, 2.75) is 79.8 Å². The Kier molecular flexibility index (Phi) is 7.00. The third kappa shape index (κ3) is 5.73. The molecule has 1 aliphatic rings. The van der Waals surface area contributed by atoms with E-state index in [9.17, 15) is 0 Å². The van der Waals surface area contributed by atoms with Gasteiger partial charge < -0.3 is 10.1 Å². The van der Waals surface area contributed by atoms with Crippen molar-refractivity contribution >= 4 is 0 Å². The van der Waals surface area contributed by atoms with Crippen molar-refractivity contribution in [1.82, 2.24) is 5.32 Å². The fourth-order valence-corrected chi connectivity index (χ4v) is 3.51. The maximum Gasteiger partial charge on any atom is 0.0518 e. The Labute approximate surface area is 127 Å². The van der Waals surface area contributed by atoms with Crippen LogP contribution >= 0.6 is 0 Å². The molecule has 20 heavy (non-hydrogen) atoms. The molecule has 0 radical (unpaired) electrons. The summed E-state index contributed by atoms with van der Waals surface area (Å²) in [6.45, 7) is 16.8. The van der Waals surface area contributed by atoms with Crippen LogP contribution in [0.4, 0.5) is 0 Å². The van der Waals surface area contributed by atoms with Gasteiger partial charge in [0, 0.05) is 13.2 Å². The van der Waals surface area contributed by atoms with Crippen LogP contribution in [-0.2, 0) is 4.74 Å². The fourth-order valence-electron chi connectivity index (χ4n) is 3.51. The van der Waals surface area contributed by atoms with Crippen molar-refractivity contribution in [2.75, 3.05) is 19.7 Å². The van der Waals surface area contributed by atoms with Gasteiger partial charge in [-0.25, -0.2) is 0 Å². The molecule has 0 saturated heterocycles. The van der Waals surface area contributed by atoms with Gasteiger partial charge in [0.25, 0.3) is 0 Å². The number of ether oxygens (including phenoxy) is 1. The largest absolute Gasteiger partial charge is 0.379 e. The van der Waals surface area contributed by atoms with Gasteiger partial charge in [-0.15, -0.1) is 0 Å². The van der Waals surface area contributed by atoms with Gasteiger partial charge in [-0.1, -0.05) is 27.7 Å². The van der Waals surface area contributed by atoms with E-state index in [1.165, 1.54) is 38.6 Å². The Morgan fingerprint density at radius 1 is 1.20 bits per heavy atom. The van der Waals surface area contributed by atoms with Crippen LogP contribution in [0.5, 0.6) is 0 Å². The molecule has 0 bridgehead atoms. The Bertz CT molecular complexity index is 259. The van der Waals surface area contributed by atoms with Gasteiger partial charge in [0.15, 0.2) is 0 Å². The summed E-state index contributed by atoms with van der Waals surface area (Å²) in [6.07, 6.45) is 7.08. The minimum absolute atomic E-state index is 0.358. The van der Waals surface area contributed by atoms with Crippen LogP contribution in [0.25, 0.3) is 0 Å². The average Bonchev–Trinajstić information content (AvgIpc) is 2.35. The predicted molar refractivity (Wildman–Crippen MR) is 88.1 cm³/mol. The molecule has 2 heteroatoms. The van der Waals surface area contributed by atoms with E-state index in [0.717, 1.165) is 19.1 Å². The first-order valence-corrected chi connectivity index (χ1v) is 8.61. The second kappa shape index (κ2) is 7.79. The maximum atomic E-state index is 5.82. The maximum absolute atomic E-state index is 5.82. The van der Waals surface area contributed by atoms with Gasteiger partial charge in [0.2, 0.25) is 0 Å². The molecular formula is C18H37NO. The molecule has 2 nitrogen and oxygen atoms in total. The van der Waals surface area contributed by atoms with Crippen LogP contribution in [-0.4, -0.2) is 25.8 Å². The highest BCUT2D eigenvalue weighted by molar-refractivity contribution is 4.90. The number of nitrogens with one attached hydrogen (secondary N) is 1. The standard InChI is InChI=1S/C18H37NO/c1-7-19-14-18(12-13-20-15(2)3)10-8-16(9-11-18)17(4,5)6/h15-16,19H,7-14H2,1-6H3. The van der Waals surface area contributed by atoms with E-state index < -0.39 is 0 Å². The zero-order chi connectivity index (χ0) is 15.2. The zero-order valence-electron chi connectivity index (χ0n) is 14.7. The Morgan fingerprint density at radius 2 is 1.80 bits per heavy atom. The lowest BCUT2D eigenvalue weighted by Crippen LogP contribution is -2.40. The van der Waals surface area contributed by atoms with Crippen molar-refractivity contribution in [3.05, 3.63) is 0 Å². The third-order valence-corrected chi connectivity index (χ3v) is 5.10. The minimum Gasteiger partial charge on any atom is -0.379 e. The monoisotopic (exact) mass is 283 g/mol. The summed E-state index contributed by atoms with van der Waals surface area (Å²) >= 11 is 0. The summed E-state index contributed by atoms with van der Waals surface area (Å²) in [6, 6.07) is 0. The smallest absolute Gasteiger partial charge is 0.0518 e. The van der Waals surface area contributed by atoms with Gasteiger partial charge in [-0.05, 0) is 69.2 Å². The van der Waals surface area contributed by atoms with Crippen LogP contribution in [0.1, 0.15) is 73.6 Å². The highest BCUT2D eigenvalue weighted by Crippen LogP contribution is 2.46. The Balaban J connectivity index is 2.53.